The van der Waals surface area contributed by atoms with Crippen LogP contribution in [0.2, 0.25) is 0 Å². The molecule has 0 aliphatic carbocycles. The molecule has 0 heterocycles. The van der Waals surface area contributed by atoms with Gasteiger partial charge in [0.1, 0.15) is 12.4 Å². The molecule has 0 fully saturated rings. The molecule has 0 radical (unpaired) electrons. The van der Waals surface area contributed by atoms with Crippen LogP contribution in [-0.2, 0) is 6.61 Å². The summed E-state index contributed by atoms with van der Waals surface area (Å²) in [4.78, 5) is 14.6. The zero-order valence-electron chi connectivity index (χ0n) is 16.3. The molecule has 29 heavy (non-hydrogen) atoms. The van der Waals surface area contributed by atoms with Crippen LogP contribution in [0.25, 0.3) is 0 Å². The number of halogens is 1. The van der Waals surface area contributed by atoms with E-state index in [1.54, 1.807) is 24.4 Å². The van der Waals surface area contributed by atoms with E-state index in [1.165, 1.54) is 0 Å². The predicted molar refractivity (Wildman–Crippen MR) is 121 cm³/mol. The van der Waals surface area contributed by atoms with Crippen LogP contribution >= 0.6 is 15.9 Å². The largest absolute Gasteiger partial charge is 0.488 e. The lowest BCUT2D eigenvalue weighted by atomic mass is 10.2. The SMILES string of the molecule is CN(C)c1ccc(/C=N\NC(=O)c2ccccc2OCc2cccc(Br)c2)cc1. The number of carbonyl (C=O) groups excluding carboxylic acids is 1. The molecule has 0 aliphatic rings. The van der Waals surface area contributed by atoms with Crippen molar-refractivity contribution in [3.8, 4) is 5.75 Å². The highest BCUT2D eigenvalue weighted by Gasteiger charge is 2.11. The Bertz CT molecular complexity index is 1000. The Labute approximate surface area is 179 Å². The van der Waals surface area contributed by atoms with E-state index in [0.717, 1.165) is 21.3 Å². The maximum atomic E-state index is 12.5. The van der Waals surface area contributed by atoms with Gasteiger partial charge in [0.25, 0.3) is 5.91 Å². The first-order chi connectivity index (χ1) is 14.0. The lowest BCUT2D eigenvalue weighted by Gasteiger charge is -2.11. The molecule has 0 saturated heterocycles. The zero-order valence-corrected chi connectivity index (χ0v) is 17.9. The van der Waals surface area contributed by atoms with Crippen LogP contribution in [0.1, 0.15) is 21.5 Å². The topological polar surface area (TPSA) is 53.9 Å². The van der Waals surface area contributed by atoms with Gasteiger partial charge in [0.2, 0.25) is 0 Å². The molecule has 6 heteroatoms. The van der Waals surface area contributed by atoms with Crippen molar-refractivity contribution >= 4 is 33.7 Å². The number of para-hydroxylation sites is 1. The summed E-state index contributed by atoms with van der Waals surface area (Å²) in [6.07, 6.45) is 1.61. The summed E-state index contributed by atoms with van der Waals surface area (Å²) in [6, 6.07) is 22.9. The quantitative estimate of drug-likeness (QED) is 0.412. The van der Waals surface area contributed by atoms with Crippen molar-refractivity contribution < 1.29 is 9.53 Å². The van der Waals surface area contributed by atoms with Crippen LogP contribution in [0.4, 0.5) is 5.69 Å². The first-order valence-electron chi connectivity index (χ1n) is 9.10. The molecule has 0 unspecified atom stereocenters. The lowest BCUT2D eigenvalue weighted by molar-refractivity contribution is 0.0950. The van der Waals surface area contributed by atoms with Gasteiger partial charge in [-0.25, -0.2) is 5.43 Å². The number of carbonyl (C=O) groups is 1. The third kappa shape index (κ3) is 5.93. The second-order valence-electron chi connectivity index (χ2n) is 6.60. The molecule has 0 atom stereocenters. The Morgan fingerprint density at radius 3 is 2.55 bits per heavy atom. The molecule has 0 aromatic heterocycles. The average Bonchev–Trinajstić information content (AvgIpc) is 2.73. The van der Waals surface area contributed by atoms with E-state index < -0.39 is 0 Å². The summed E-state index contributed by atoms with van der Waals surface area (Å²) in [7, 11) is 3.97. The number of ether oxygens (including phenoxy) is 1. The number of hydrazone groups is 1. The molecule has 1 N–H and O–H groups in total. The van der Waals surface area contributed by atoms with Gasteiger partial charge in [-0.1, -0.05) is 52.3 Å². The second kappa shape index (κ2) is 9.89. The van der Waals surface area contributed by atoms with E-state index in [9.17, 15) is 4.79 Å². The first-order valence-corrected chi connectivity index (χ1v) is 9.89. The lowest BCUT2D eigenvalue weighted by Crippen LogP contribution is -2.18. The molecule has 0 spiro atoms. The molecule has 5 nitrogen and oxygen atoms in total. The highest BCUT2D eigenvalue weighted by molar-refractivity contribution is 9.10. The number of anilines is 1. The fourth-order valence-corrected chi connectivity index (χ4v) is 3.10. The molecule has 0 saturated carbocycles. The molecule has 148 valence electrons. The Hall–Kier alpha value is -3.12. The normalized spacial score (nSPS) is 10.7. The van der Waals surface area contributed by atoms with E-state index in [4.69, 9.17) is 4.74 Å². The van der Waals surface area contributed by atoms with Gasteiger partial charge in [-0.3, -0.25) is 4.79 Å². The third-order valence-corrected chi connectivity index (χ3v) is 4.70. The Morgan fingerprint density at radius 1 is 1.07 bits per heavy atom. The number of hydrogen-bond acceptors (Lipinski definition) is 4. The fraction of sp³-hybridized carbons (Fsp3) is 0.130. The van der Waals surface area contributed by atoms with E-state index >= 15 is 0 Å². The molecular formula is C23H22BrN3O2. The number of nitrogens with one attached hydrogen (secondary N) is 1. The summed E-state index contributed by atoms with van der Waals surface area (Å²) >= 11 is 3.45. The number of benzene rings is 3. The number of amides is 1. The Morgan fingerprint density at radius 2 is 1.83 bits per heavy atom. The average molecular weight is 452 g/mol. The van der Waals surface area contributed by atoms with Crippen molar-refractivity contribution in [2.75, 3.05) is 19.0 Å². The highest BCUT2D eigenvalue weighted by Crippen LogP contribution is 2.20. The zero-order chi connectivity index (χ0) is 20.6. The van der Waals surface area contributed by atoms with Gasteiger partial charge in [-0.05, 0) is 47.5 Å². The van der Waals surface area contributed by atoms with Crippen LogP contribution in [-0.4, -0.2) is 26.2 Å². The van der Waals surface area contributed by atoms with E-state index in [1.807, 2.05) is 73.6 Å². The fourth-order valence-electron chi connectivity index (χ4n) is 2.65. The molecule has 3 rings (SSSR count). The molecule has 0 bridgehead atoms. The van der Waals surface area contributed by atoms with Crippen LogP contribution in [0, 0.1) is 0 Å². The van der Waals surface area contributed by atoms with Crippen LogP contribution in [0.5, 0.6) is 5.75 Å². The Kier molecular flexibility index (Phi) is 7.03. The number of nitrogens with zero attached hydrogens (tertiary/aromatic N) is 2. The van der Waals surface area contributed by atoms with Crippen molar-refractivity contribution in [3.05, 3.63) is 94.0 Å². The first kappa shape index (κ1) is 20.6. The van der Waals surface area contributed by atoms with Crippen molar-refractivity contribution in [2.24, 2.45) is 5.10 Å². The standard InChI is InChI=1S/C23H22BrN3O2/c1-27(2)20-12-10-17(11-13-20)15-25-26-23(28)21-8-3-4-9-22(21)29-16-18-6-5-7-19(24)14-18/h3-15H,16H2,1-2H3,(H,26,28)/b25-15-. The molecule has 3 aromatic carbocycles. The maximum absolute atomic E-state index is 12.5. The van der Waals surface area contributed by atoms with Gasteiger partial charge in [-0.15, -0.1) is 0 Å². The predicted octanol–water partition coefficient (Wildman–Crippen LogP) is 4.86. The minimum Gasteiger partial charge on any atom is -0.488 e. The summed E-state index contributed by atoms with van der Waals surface area (Å²) in [5.74, 6) is 0.187. The van der Waals surface area contributed by atoms with Gasteiger partial charge < -0.3 is 9.64 Å². The van der Waals surface area contributed by atoms with Crippen molar-refractivity contribution in [2.45, 2.75) is 6.61 Å². The monoisotopic (exact) mass is 451 g/mol. The van der Waals surface area contributed by atoms with Gasteiger partial charge in [0.05, 0.1) is 11.8 Å². The van der Waals surface area contributed by atoms with Crippen LogP contribution in [0.3, 0.4) is 0 Å². The number of rotatable bonds is 7. The van der Waals surface area contributed by atoms with Crippen molar-refractivity contribution in [3.63, 3.8) is 0 Å². The van der Waals surface area contributed by atoms with E-state index in [2.05, 4.69) is 26.5 Å². The van der Waals surface area contributed by atoms with Crippen molar-refractivity contribution in [1.29, 1.82) is 0 Å². The van der Waals surface area contributed by atoms with Gasteiger partial charge in [0.15, 0.2) is 0 Å². The molecular weight excluding hydrogens is 430 g/mol. The van der Waals surface area contributed by atoms with E-state index in [-0.39, 0.29) is 5.91 Å². The summed E-state index contributed by atoms with van der Waals surface area (Å²) in [5.41, 5.74) is 6.00. The summed E-state index contributed by atoms with van der Waals surface area (Å²) in [5, 5.41) is 4.06. The minimum atomic E-state index is -0.323. The van der Waals surface area contributed by atoms with Crippen LogP contribution in [0.15, 0.2) is 82.4 Å². The highest BCUT2D eigenvalue weighted by atomic mass is 79.9. The molecule has 1 amide bonds. The third-order valence-electron chi connectivity index (χ3n) is 4.20. The van der Waals surface area contributed by atoms with Gasteiger partial charge in [-0.2, -0.15) is 5.10 Å². The maximum Gasteiger partial charge on any atom is 0.275 e. The summed E-state index contributed by atoms with van der Waals surface area (Å²) in [6.45, 7) is 0.366. The molecule has 3 aromatic rings. The van der Waals surface area contributed by atoms with E-state index in [0.29, 0.717) is 17.9 Å². The Balaban J connectivity index is 1.63. The smallest absolute Gasteiger partial charge is 0.275 e. The van der Waals surface area contributed by atoms with Crippen LogP contribution < -0.4 is 15.1 Å². The number of hydrogen-bond donors (Lipinski definition) is 1. The second-order valence-corrected chi connectivity index (χ2v) is 7.52. The molecule has 0 aliphatic heterocycles. The minimum absolute atomic E-state index is 0.323. The van der Waals surface area contributed by atoms with Gasteiger partial charge >= 0.3 is 0 Å². The van der Waals surface area contributed by atoms with Crippen molar-refractivity contribution in [1.82, 2.24) is 5.43 Å². The summed E-state index contributed by atoms with van der Waals surface area (Å²) < 4.78 is 6.85. The van der Waals surface area contributed by atoms with Gasteiger partial charge in [0, 0.05) is 24.3 Å².